The summed E-state index contributed by atoms with van der Waals surface area (Å²) in [5, 5.41) is 7.63. The average Bonchev–Trinajstić information content (AvgIpc) is 3.47. The van der Waals surface area contributed by atoms with Gasteiger partial charge in [0.1, 0.15) is 5.69 Å². The van der Waals surface area contributed by atoms with E-state index in [0.717, 1.165) is 52.9 Å². The van der Waals surface area contributed by atoms with Crippen LogP contribution in [0.25, 0.3) is 34.0 Å². The largest absolute Gasteiger partial charge is 0.294 e. The zero-order valence-electron chi connectivity index (χ0n) is 24.9. The lowest BCUT2D eigenvalue weighted by Crippen LogP contribution is -2.12. The van der Waals surface area contributed by atoms with E-state index in [2.05, 4.69) is 28.4 Å². The number of Topliss-reactive ketones (excluding diaryl/α,β-unsaturated/α-hetero) is 1. The average molecular weight is 637 g/mol. The monoisotopic (exact) mass is 636 g/mol. The lowest BCUT2D eigenvalue weighted by atomic mass is 9.85. The number of benzene rings is 4. The summed E-state index contributed by atoms with van der Waals surface area (Å²) in [6.07, 6.45) is 7.49. The lowest BCUT2D eigenvalue weighted by molar-refractivity contribution is -0.113. The fourth-order valence-electron chi connectivity index (χ4n) is 5.83. The van der Waals surface area contributed by atoms with Gasteiger partial charge in [-0.2, -0.15) is 5.10 Å². The maximum absolute atomic E-state index is 12.2. The van der Waals surface area contributed by atoms with Crippen LogP contribution in [0.3, 0.4) is 0 Å². The number of nitrogens with zero attached hydrogens (tertiary/aromatic N) is 1. The molecule has 0 bridgehead atoms. The highest BCUT2D eigenvalue weighted by atomic mass is 32.2. The third-order valence-electron chi connectivity index (χ3n) is 8.18. The molecule has 0 atom stereocenters. The van der Waals surface area contributed by atoms with Gasteiger partial charge < -0.3 is 0 Å². The maximum atomic E-state index is 12.2. The molecule has 4 aromatic carbocycles. The second-order valence-electron chi connectivity index (χ2n) is 11.4. The Morgan fingerprint density at radius 1 is 0.644 bits per heavy atom. The summed E-state index contributed by atoms with van der Waals surface area (Å²) in [5.74, 6) is 0.130. The number of aryl methyl sites for hydroxylation is 3. The molecule has 7 nitrogen and oxygen atoms in total. The fourth-order valence-corrected chi connectivity index (χ4v) is 7.09. The van der Waals surface area contributed by atoms with Gasteiger partial charge in [-0.3, -0.25) is 9.89 Å². The number of carbonyl (C=O) groups is 1. The molecule has 228 valence electrons. The molecule has 0 saturated heterocycles. The summed E-state index contributed by atoms with van der Waals surface area (Å²) in [7, 11) is -6.38. The normalized spacial score (nSPS) is 15.0. The fraction of sp³-hybridized carbons (Fsp3) is 0.167. The van der Waals surface area contributed by atoms with Gasteiger partial charge in [0.2, 0.25) is 0 Å². The molecule has 0 unspecified atom stereocenters. The Balaban J connectivity index is 0.000000159. The molecule has 2 aliphatic carbocycles. The zero-order chi connectivity index (χ0) is 31.8. The van der Waals surface area contributed by atoms with Gasteiger partial charge in [-0.25, -0.2) is 16.8 Å². The Hall–Kier alpha value is -4.60. The van der Waals surface area contributed by atoms with Crippen molar-refractivity contribution in [3.05, 3.63) is 125 Å². The molecule has 1 aromatic heterocycles. The number of hydrogen-bond donors (Lipinski definition) is 1. The van der Waals surface area contributed by atoms with Gasteiger partial charge >= 0.3 is 0 Å². The number of H-pyrrole nitrogens is 1. The Morgan fingerprint density at radius 3 is 1.80 bits per heavy atom. The minimum atomic E-state index is -3.20. The summed E-state index contributed by atoms with van der Waals surface area (Å²) >= 11 is 0. The van der Waals surface area contributed by atoms with E-state index in [9.17, 15) is 21.6 Å². The summed E-state index contributed by atoms with van der Waals surface area (Å²) in [6, 6.07) is 29.8. The van der Waals surface area contributed by atoms with Crippen molar-refractivity contribution in [2.75, 3.05) is 12.5 Å². The van der Waals surface area contributed by atoms with Crippen molar-refractivity contribution in [3.63, 3.8) is 0 Å². The van der Waals surface area contributed by atoms with Gasteiger partial charge in [-0.05, 0) is 77.4 Å². The number of aromatic amines is 1. The molecule has 1 N–H and O–H groups in total. The molecule has 0 saturated carbocycles. The second kappa shape index (κ2) is 12.1. The first kappa shape index (κ1) is 30.4. The summed E-state index contributed by atoms with van der Waals surface area (Å²) in [4.78, 5) is 12.8. The van der Waals surface area contributed by atoms with Crippen LogP contribution in [0.4, 0.5) is 0 Å². The SMILES string of the molecule is CS(=O)(=O)c1ccc(-c2n[nH]c3c2-c2ccccc2CC3)cc1.CS(=O)(=O)c1ccc(C=C2C(=O)CCc3ccccc32)cc1. The molecule has 0 amide bonds. The minimum absolute atomic E-state index is 0.130. The van der Waals surface area contributed by atoms with Crippen molar-refractivity contribution in [2.24, 2.45) is 0 Å². The number of fused-ring (bicyclic) bond motifs is 4. The van der Waals surface area contributed by atoms with E-state index in [1.807, 2.05) is 48.5 Å². The van der Waals surface area contributed by atoms with Crippen LogP contribution in [0.15, 0.2) is 107 Å². The predicted octanol–water partition coefficient (Wildman–Crippen LogP) is 6.39. The van der Waals surface area contributed by atoms with Gasteiger partial charge in [-0.1, -0.05) is 72.8 Å². The number of ketones is 1. The molecule has 5 aromatic rings. The van der Waals surface area contributed by atoms with Crippen LogP contribution in [-0.4, -0.2) is 45.3 Å². The Morgan fingerprint density at radius 2 is 1.18 bits per heavy atom. The van der Waals surface area contributed by atoms with Crippen molar-refractivity contribution in [2.45, 2.75) is 35.5 Å². The molecule has 1 heterocycles. The lowest BCUT2D eigenvalue weighted by Gasteiger charge is -2.17. The Kier molecular flexibility index (Phi) is 8.16. The zero-order valence-corrected chi connectivity index (χ0v) is 26.6. The van der Waals surface area contributed by atoms with Gasteiger partial charge in [0.25, 0.3) is 0 Å². The van der Waals surface area contributed by atoms with E-state index in [1.165, 1.54) is 29.2 Å². The third kappa shape index (κ3) is 6.45. The topological polar surface area (TPSA) is 114 Å². The number of aromatic nitrogens is 2. The van der Waals surface area contributed by atoms with Crippen molar-refractivity contribution >= 4 is 37.1 Å². The van der Waals surface area contributed by atoms with Crippen LogP contribution in [0.1, 0.15) is 34.4 Å². The first-order valence-electron chi connectivity index (χ1n) is 14.6. The van der Waals surface area contributed by atoms with Crippen LogP contribution in [0.2, 0.25) is 0 Å². The van der Waals surface area contributed by atoms with E-state index in [1.54, 1.807) is 36.4 Å². The first-order valence-corrected chi connectivity index (χ1v) is 18.4. The van der Waals surface area contributed by atoms with Gasteiger partial charge in [0.05, 0.1) is 9.79 Å². The maximum Gasteiger partial charge on any atom is 0.175 e. The van der Waals surface area contributed by atoms with Crippen molar-refractivity contribution in [1.82, 2.24) is 10.2 Å². The minimum Gasteiger partial charge on any atom is -0.294 e. The predicted molar refractivity (Wildman–Crippen MR) is 177 cm³/mol. The van der Waals surface area contributed by atoms with Gasteiger partial charge in [0.15, 0.2) is 25.5 Å². The van der Waals surface area contributed by atoms with Crippen molar-refractivity contribution < 1.29 is 21.6 Å². The quantitative estimate of drug-likeness (QED) is 0.229. The Labute approximate surface area is 263 Å². The van der Waals surface area contributed by atoms with E-state index < -0.39 is 19.7 Å². The highest BCUT2D eigenvalue weighted by Crippen LogP contribution is 2.39. The number of hydrogen-bond acceptors (Lipinski definition) is 6. The summed E-state index contributed by atoms with van der Waals surface area (Å²) in [5.41, 5.74) is 10.3. The van der Waals surface area contributed by atoms with Crippen molar-refractivity contribution in [3.8, 4) is 22.4 Å². The number of nitrogens with one attached hydrogen (secondary N) is 1. The van der Waals surface area contributed by atoms with E-state index in [0.29, 0.717) is 16.9 Å². The molecule has 0 radical (unpaired) electrons. The second-order valence-corrected chi connectivity index (χ2v) is 15.4. The summed E-state index contributed by atoms with van der Waals surface area (Å²) < 4.78 is 46.2. The van der Waals surface area contributed by atoms with Crippen LogP contribution in [0.5, 0.6) is 0 Å². The molecular weight excluding hydrogens is 605 g/mol. The highest BCUT2D eigenvalue weighted by molar-refractivity contribution is 7.91. The van der Waals surface area contributed by atoms with Crippen LogP contribution in [-0.2, 0) is 43.7 Å². The van der Waals surface area contributed by atoms with Crippen LogP contribution >= 0.6 is 0 Å². The molecule has 0 fully saturated rings. The highest BCUT2D eigenvalue weighted by Gasteiger charge is 2.23. The molecule has 9 heteroatoms. The Bertz CT molecular complexity index is 2160. The van der Waals surface area contributed by atoms with Crippen molar-refractivity contribution in [1.29, 1.82) is 0 Å². The number of sulfone groups is 2. The standard InChI is InChI=1S/C18H16N2O2S.C18H16O3S/c1-23(21,22)14-9-6-13(7-10-14)18-17-15-5-3-2-4-12(15)8-11-16(17)19-20-18;1-22(20,21)15-9-6-13(7-10-15)12-17-16-5-3-2-4-14(16)8-11-18(17)19/h2-7,9-10H,8,11H2,1H3,(H,19,20);2-7,9-10,12H,8,11H2,1H3. The smallest absolute Gasteiger partial charge is 0.175 e. The molecule has 0 spiro atoms. The number of carbonyl (C=O) groups excluding carboxylic acids is 1. The van der Waals surface area contributed by atoms with E-state index in [4.69, 9.17) is 0 Å². The molecular formula is C36H32N2O5S2. The van der Waals surface area contributed by atoms with Gasteiger partial charge in [0, 0.05) is 41.3 Å². The third-order valence-corrected chi connectivity index (χ3v) is 10.4. The number of rotatable bonds is 4. The summed E-state index contributed by atoms with van der Waals surface area (Å²) in [6.45, 7) is 0. The number of allylic oxidation sites excluding steroid dienone is 1. The van der Waals surface area contributed by atoms with Crippen LogP contribution in [0, 0.1) is 0 Å². The van der Waals surface area contributed by atoms with Crippen LogP contribution < -0.4 is 0 Å². The van der Waals surface area contributed by atoms with E-state index >= 15 is 0 Å². The molecule has 7 rings (SSSR count). The molecule has 2 aliphatic rings. The van der Waals surface area contributed by atoms with Gasteiger partial charge in [-0.15, -0.1) is 0 Å². The molecule has 45 heavy (non-hydrogen) atoms. The molecule has 0 aliphatic heterocycles. The first-order chi connectivity index (χ1) is 21.5. The van der Waals surface area contributed by atoms with E-state index in [-0.39, 0.29) is 10.7 Å².